The Labute approximate surface area is 112 Å². The number of nitrogens with one attached hydrogen (secondary N) is 1. The van der Waals surface area contributed by atoms with E-state index in [-0.39, 0.29) is 11.5 Å². The van der Waals surface area contributed by atoms with Gasteiger partial charge in [-0.1, -0.05) is 12.1 Å². The highest BCUT2D eigenvalue weighted by molar-refractivity contribution is 6.17. The summed E-state index contributed by atoms with van der Waals surface area (Å²) in [6, 6.07) is 7.33. The first-order valence-corrected chi connectivity index (χ1v) is 6.73. The number of carbonyl (C=O) groups excluding carboxylic acids is 1. The largest absolute Gasteiger partial charge is 0.373 e. The second-order valence-electron chi connectivity index (χ2n) is 4.92. The van der Waals surface area contributed by atoms with E-state index in [0.29, 0.717) is 18.0 Å². The molecule has 1 atom stereocenters. The molecule has 3 nitrogen and oxygen atoms in total. The zero-order chi connectivity index (χ0) is 13.0. The number of ether oxygens (including phenoxy) is 1. The molecule has 1 aromatic carbocycles. The van der Waals surface area contributed by atoms with Crippen LogP contribution in [0.1, 0.15) is 35.7 Å². The Kier molecular flexibility index (Phi) is 4.25. The lowest BCUT2D eigenvalue weighted by molar-refractivity contribution is 0.0206. The summed E-state index contributed by atoms with van der Waals surface area (Å²) < 4.78 is 5.63. The van der Waals surface area contributed by atoms with Gasteiger partial charge in [-0.05, 0) is 37.5 Å². The predicted octanol–water partition coefficient (Wildman–Crippen LogP) is 2.72. The Morgan fingerprint density at radius 1 is 1.44 bits per heavy atom. The Bertz CT molecular complexity index is 410. The normalized spacial score (nSPS) is 23.0. The lowest BCUT2D eigenvalue weighted by atomic mass is 10.0. The minimum atomic E-state index is -0.203. The highest BCUT2D eigenvalue weighted by Gasteiger charge is 2.30. The van der Waals surface area contributed by atoms with Crippen LogP contribution in [0.5, 0.6) is 0 Å². The van der Waals surface area contributed by atoms with Crippen LogP contribution in [0.2, 0.25) is 0 Å². The molecule has 1 amide bonds. The molecule has 1 unspecified atom stereocenters. The topological polar surface area (TPSA) is 38.3 Å². The molecule has 2 rings (SSSR count). The van der Waals surface area contributed by atoms with Crippen LogP contribution in [0.4, 0.5) is 0 Å². The third-order valence-electron chi connectivity index (χ3n) is 3.29. The minimum Gasteiger partial charge on any atom is -0.373 e. The number of alkyl halides is 1. The molecular weight excluding hydrogens is 250 g/mol. The van der Waals surface area contributed by atoms with Gasteiger partial charge in [0.15, 0.2) is 0 Å². The molecule has 0 radical (unpaired) electrons. The zero-order valence-electron chi connectivity index (χ0n) is 10.5. The maximum absolute atomic E-state index is 11.9. The van der Waals surface area contributed by atoms with Crippen molar-refractivity contribution in [2.24, 2.45) is 0 Å². The van der Waals surface area contributed by atoms with Gasteiger partial charge < -0.3 is 10.1 Å². The van der Waals surface area contributed by atoms with E-state index >= 15 is 0 Å². The quantitative estimate of drug-likeness (QED) is 0.852. The van der Waals surface area contributed by atoms with E-state index in [0.717, 1.165) is 25.0 Å². The summed E-state index contributed by atoms with van der Waals surface area (Å²) in [5.41, 5.74) is 1.47. The van der Waals surface area contributed by atoms with Gasteiger partial charge in [0.2, 0.25) is 0 Å². The van der Waals surface area contributed by atoms with Crippen molar-refractivity contribution in [2.75, 3.05) is 13.2 Å². The minimum absolute atomic E-state index is 0.0622. The molecule has 0 aromatic heterocycles. The number of rotatable bonds is 4. The fourth-order valence-corrected chi connectivity index (χ4v) is 2.27. The van der Waals surface area contributed by atoms with Crippen LogP contribution in [-0.4, -0.2) is 24.7 Å². The van der Waals surface area contributed by atoms with E-state index in [9.17, 15) is 4.79 Å². The average molecular weight is 268 g/mol. The number of benzene rings is 1. The smallest absolute Gasteiger partial charge is 0.251 e. The average Bonchev–Trinajstić information content (AvgIpc) is 2.83. The molecule has 1 N–H and O–H groups in total. The van der Waals surface area contributed by atoms with E-state index in [1.54, 1.807) is 12.1 Å². The highest BCUT2D eigenvalue weighted by atomic mass is 35.5. The van der Waals surface area contributed by atoms with E-state index in [2.05, 4.69) is 5.32 Å². The molecule has 0 saturated carbocycles. The Hall–Kier alpha value is -1.06. The maximum Gasteiger partial charge on any atom is 0.251 e. The number of hydrogen-bond donors (Lipinski definition) is 1. The molecule has 1 aliphatic rings. The van der Waals surface area contributed by atoms with Crippen molar-refractivity contribution >= 4 is 17.5 Å². The second kappa shape index (κ2) is 5.72. The van der Waals surface area contributed by atoms with Crippen molar-refractivity contribution in [3.63, 3.8) is 0 Å². The molecule has 18 heavy (non-hydrogen) atoms. The SMILES string of the molecule is CC1(CNC(=O)c2ccc(CCl)cc2)CCCO1. The standard InChI is InChI=1S/C14H18ClNO2/c1-14(7-2-8-18-14)10-16-13(17)12-5-3-11(9-15)4-6-12/h3-6H,2,7-10H2,1H3,(H,16,17). The molecule has 1 aliphatic heterocycles. The van der Waals surface area contributed by atoms with Crippen molar-refractivity contribution in [1.29, 1.82) is 0 Å². The second-order valence-corrected chi connectivity index (χ2v) is 5.18. The molecule has 0 bridgehead atoms. The Morgan fingerprint density at radius 3 is 2.72 bits per heavy atom. The summed E-state index contributed by atoms with van der Waals surface area (Å²) in [6.45, 7) is 3.39. The molecule has 0 spiro atoms. The van der Waals surface area contributed by atoms with Crippen molar-refractivity contribution in [3.05, 3.63) is 35.4 Å². The van der Waals surface area contributed by atoms with Crippen LogP contribution in [0.15, 0.2) is 24.3 Å². The van der Waals surface area contributed by atoms with Crippen LogP contribution >= 0.6 is 11.6 Å². The van der Waals surface area contributed by atoms with E-state index in [1.807, 2.05) is 19.1 Å². The van der Waals surface area contributed by atoms with Gasteiger partial charge in [-0.15, -0.1) is 11.6 Å². The van der Waals surface area contributed by atoms with Crippen LogP contribution in [0.25, 0.3) is 0 Å². The first-order valence-electron chi connectivity index (χ1n) is 6.20. The molecular formula is C14H18ClNO2. The van der Waals surface area contributed by atoms with Crippen molar-refractivity contribution < 1.29 is 9.53 Å². The molecule has 4 heteroatoms. The third-order valence-corrected chi connectivity index (χ3v) is 3.60. The predicted molar refractivity (Wildman–Crippen MR) is 71.9 cm³/mol. The maximum atomic E-state index is 11.9. The lowest BCUT2D eigenvalue weighted by Crippen LogP contribution is -2.40. The summed E-state index contributed by atoms with van der Waals surface area (Å²) in [4.78, 5) is 11.9. The van der Waals surface area contributed by atoms with Crippen LogP contribution in [0.3, 0.4) is 0 Å². The van der Waals surface area contributed by atoms with Gasteiger partial charge in [0.1, 0.15) is 0 Å². The molecule has 1 fully saturated rings. The van der Waals surface area contributed by atoms with Crippen molar-refractivity contribution in [1.82, 2.24) is 5.32 Å². The summed E-state index contributed by atoms with van der Waals surface area (Å²) in [7, 11) is 0. The summed E-state index contributed by atoms with van der Waals surface area (Å²) in [5, 5.41) is 2.92. The van der Waals surface area contributed by atoms with Crippen LogP contribution in [0, 0.1) is 0 Å². The number of amides is 1. The van der Waals surface area contributed by atoms with Crippen LogP contribution < -0.4 is 5.32 Å². The van der Waals surface area contributed by atoms with Gasteiger partial charge in [-0.25, -0.2) is 0 Å². The third kappa shape index (κ3) is 3.24. The zero-order valence-corrected chi connectivity index (χ0v) is 11.3. The fraction of sp³-hybridized carbons (Fsp3) is 0.500. The first kappa shape index (κ1) is 13.4. The van der Waals surface area contributed by atoms with Crippen LogP contribution in [-0.2, 0) is 10.6 Å². The van der Waals surface area contributed by atoms with Gasteiger partial charge >= 0.3 is 0 Å². The first-order chi connectivity index (χ1) is 8.63. The highest BCUT2D eigenvalue weighted by Crippen LogP contribution is 2.23. The molecule has 1 saturated heterocycles. The Morgan fingerprint density at radius 2 is 2.17 bits per heavy atom. The summed E-state index contributed by atoms with van der Waals surface area (Å²) in [6.07, 6.45) is 2.06. The van der Waals surface area contributed by atoms with E-state index < -0.39 is 0 Å². The van der Waals surface area contributed by atoms with Gasteiger partial charge in [-0.2, -0.15) is 0 Å². The number of carbonyl (C=O) groups is 1. The molecule has 98 valence electrons. The van der Waals surface area contributed by atoms with Crippen molar-refractivity contribution in [3.8, 4) is 0 Å². The summed E-state index contributed by atoms with van der Waals surface area (Å²) in [5.74, 6) is 0.404. The van der Waals surface area contributed by atoms with E-state index in [4.69, 9.17) is 16.3 Å². The van der Waals surface area contributed by atoms with E-state index in [1.165, 1.54) is 0 Å². The monoisotopic (exact) mass is 267 g/mol. The number of hydrogen-bond acceptors (Lipinski definition) is 2. The summed E-state index contributed by atoms with van der Waals surface area (Å²) >= 11 is 5.71. The molecule has 1 heterocycles. The van der Waals surface area contributed by atoms with Gasteiger partial charge in [0.05, 0.1) is 5.60 Å². The Balaban J connectivity index is 1.90. The van der Waals surface area contributed by atoms with Gasteiger partial charge in [0, 0.05) is 24.6 Å². The lowest BCUT2D eigenvalue weighted by Gasteiger charge is -2.23. The molecule has 1 aromatic rings. The fourth-order valence-electron chi connectivity index (χ4n) is 2.09. The van der Waals surface area contributed by atoms with Gasteiger partial charge in [0.25, 0.3) is 5.91 Å². The van der Waals surface area contributed by atoms with Gasteiger partial charge in [-0.3, -0.25) is 4.79 Å². The molecule has 0 aliphatic carbocycles. The number of halogens is 1. The van der Waals surface area contributed by atoms with Crippen molar-refractivity contribution in [2.45, 2.75) is 31.2 Å².